The Labute approximate surface area is 113 Å². The van der Waals surface area contributed by atoms with Gasteiger partial charge >= 0.3 is 0 Å². The first-order valence-electron chi connectivity index (χ1n) is 5.01. The quantitative estimate of drug-likeness (QED) is 0.798. The molecule has 0 atom stereocenters. The largest absolute Gasteiger partial charge is 0.358 e. The van der Waals surface area contributed by atoms with Crippen LogP contribution in [0.15, 0.2) is 16.6 Å². The molecule has 1 aliphatic rings. The highest BCUT2D eigenvalue weighted by Crippen LogP contribution is 2.40. The summed E-state index contributed by atoms with van der Waals surface area (Å²) in [6.07, 6.45) is 0. The average Bonchev–Trinajstić information content (AvgIpc) is 2.20. The smallest absolute Gasteiger partial charge is 0.203 e. The summed E-state index contributed by atoms with van der Waals surface area (Å²) < 4.78 is 24.3. The first-order chi connectivity index (χ1) is 8.01. The van der Waals surface area contributed by atoms with Crippen LogP contribution in [0.1, 0.15) is 0 Å². The fraction of sp³-hybridized carbons (Fsp3) is 0.455. The molecule has 0 aliphatic carbocycles. The fourth-order valence-electron chi connectivity index (χ4n) is 1.87. The summed E-state index contributed by atoms with van der Waals surface area (Å²) in [6, 6.07) is 2.68. The number of rotatable bonds is 3. The van der Waals surface area contributed by atoms with E-state index in [-0.39, 0.29) is 5.82 Å². The minimum Gasteiger partial charge on any atom is -0.358 e. The van der Waals surface area contributed by atoms with Crippen LogP contribution in [0.2, 0.25) is 5.02 Å². The van der Waals surface area contributed by atoms with E-state index in [0.717, 1.165) is 5.69 Å². The Kier molecular flexibility index (Phi) is 3.63. The number of ether oxygens (including phenoxy) is 2. The lowest BCUT2D eigenvalue weighted by molar-refractivity contribution is -0.219. The summed E-state index contributed by atoms with van der Waals surface area (Å²) in [7, 11) is 3.20. The van der Waals surface area contributed by atoms with E-state index in [1.165, 1.54) is 12.1 Å². The van der Waals surface area contributed by atoms with Gasteiger partial charge < -0.3 is 14.4 Å². The zero-order chi connectivity index (χ0) is 12.6. The van der Waals surface area contributed by atoms with E-state index in [4.69, 9.17) is 21.1 Å². The van der Waals surface area contributed by atoms with Crippen LogP contribution in [0.25, 0.3) is 0 Å². The van der Waals surface area contributed by atoms with Crippen LogP contribution in [0.3, 0.4) is 0 Å². The maximum absolute atomic E-state index is 13.1. The molecule has 0 spiro atoms. The zero-order valence-electron chi connectivity index (χ0n) is 9.47. The lowest BCUT2D eigenvalue weighted by Crippen LogP contribution is -2.64. The van der Waals surface area contributed by atoms with Crippen molar-refractivity contribution in [2.45, 2.75) is 5.79 Å². The minimum atomic E-state index is -0.586. The molecule has 1 aliphatic heterocycles. The molecule has 0 unspecified atom stereocenters. The van der Waals surface area contributed by atoms with Gasteiger partial charge in [-0.3, -0.25) is 0 Å². The molecule has 0 aromatic heterocycles. The molecule has 6 heteroatoms. The van der Waals surface area contributed by atoms with Gasteiger partial charge in [0.25, 0.3) is 0 Å². The Bertz CT molecular complexity index is 408. The molecular formula is C11H12BrClFNO2. The topological polar surface area (TPSA) is 21.7 Å². The Balaban J connectivity index is 2.22. The van der Waals surface area contributed by atoms with Crippen LogP contribution in [0, 0.1) is 5.82 Å². The van der Waals surface area contributed by atoms with Crippen LogP contribution in [-0.2, 0) is 9.47 Å². The summed E-state index contributed by atoms with van der Waals surface area (Å²) in [5.41, 5.74) is 0.762. The predicted octanol–water partition coefficient (Wildman–Crippen LogP) is 3.05. The monoisotopic (exact) mass is 323 g/mol. The first kappa shape index (κ1) is 13.1. The van der Waals surface area contributed by atoms with E-state index in [2.05, 4.69) is 15.9 Å². The third-order valence-electron chi connectivity index (χ3n) is 2.91. The van der Waals surface area contributed by atoms with Gasteiger partial charge in [0, 0.05) is 18.7 Å². The normalized spacial score (nSPS) is 18.1. The van der Waals surface area contributed by atoms with E-state index in [1.807, 2.05) is 4.90 Å². The van der Waals surface area contributed by atoms with Crippen molar-refractivity contribution in [1.29, 1.82) is 0 Å². The van der Waals surface area contributed by atoms with Crippen LogP contribution >= 0.6 is 27.5 Å². The summed E-state index contributed by atoms with van der Waals surface area (Å²) in [5, 5.41) is 0.373. The number of nitrogens with zero attached hydrogens (tertiary/aromatic N) is 1. The van der Waals surface area contributed by atoms with E-state index >= 15 is 0 Å². The number of anilines is 1. The molecule has 1 fully saturated rings. The average molecular weight is 325 g/mol. The van der Waals surface area contributed by atoms with E-state index in [1.54, 1.807) is 14.2 Å². The van der Waals surface area contributed by atoms with Gasteiger partial charge in [0.1, 0.15) is 5.82 Å². The molecule has 0 saturated carbocycles. The van der Waals surface area contributed by atoms with Crippen molar-refractivity contribution in [3.63, 3.8) is 0 Å². The Morgan fingerprint density at radius 3 is 2.41 bits per heavy atom. The Morgan fingerprint density at radius 2 is 1.94 bits per heavy atom. The molecule has 94 valence electrons. The summed E-state index contributed by atoms with van der Waals surface area (Å²) in [5.74, 6) is -0.951. The molecular weight excluding hydrogens is 312 g/mol. The van der Waals surface area contributed by atoms with Gasteiger partial charge in [-0.1, -0.05) is 11.6 Å². The van der Waals surface area contributed by atoms with Gasteiger partial charge in [-0.2, -0.15) is 0 Å². The van der Waals surface area contributed by atoms with Crippen molar-refractivity contribution in [2.24, 2.45) is 0 Å². The maximum atomic E-state index is 13.1. The standard InChI is InChI=1S/C11H12BrClFNO2/c1-16-11(17-2)5-15(6-11)10-8(12)3-7(14)4-9(10)13/h3-4H,5-6H2,1-2H3. The molecule has 0 amide bonds. The summed E-state index contributed by atoms with van der Waals surface area (Å²) in [6.45, 7) is 1.12. The van der Waals surface area contributed by atoms with Crippen LogP contribution in [0.4, 0.5) is 10.1 Å². The SMILES string of the molecule is COC1(OC)CN(c2c(Cl)cc(F)cc2Br)C1. The second-order valence-electron chi connectivity index (χ2n) is 3.89. The lowest BCUT2D eigenvalue weighted by atomic mass is 10.1. The first-order valence-corrected chi connectivity index (χ1v) is 6.18. The summed E-state index contributed by atoms with van der Waals surface area (Å²) >= 11 is 9.34. The van der Waals surface area contributed by atoms with Crippen LogP contribution in [0.5, 0.6) is 0 Å². The van der Waals surface area contributed by atoms with Crippen LogP contribution < -0.4 is 4.90 Å². The molecule has 3 nitrogen and oxygen atoms in total. The number of hydrogen-bond donors (Lipinski definition) is 0. The van der Waals surface area contributed by atoms with Crippen molar-refractivity contribution < 1.29 is 13.9 Å². The van der Waals surface area contributed by atoms with Gasteiger partial charge in [0.05, 0.1) is 23.8 Å². The minimum absolute atomic E-state index is 0.365. The third-order valence-corrected chi connectivity index (χ3v) is 3.80. The molecule has 1 heterocycles. The van der Waals surface area contributed by atoms with Crippen molar-refractivity contribution in [1.82, 2.24) is 0 Å². The number of benzene rings is 1. The second-order valence-corrected chi connectivity index (χ2v) is 5.15. The lowest BCUT2D eigenvalue weighted by Gasteiger charge is -2.49. The molecule has 17 heavy (non-hydrogen) atoms. The van der Waals surface area contributed by atoms with Crippen molar-refractivity contribution in [2.75, 3.05) is 32.2 Å². The van der Waals surface area contributed by atoms with Crippen molar-refractivity contribution in [3.8, 4) is 0 Å². The molecule has 2 rings (SSSR count). The Hall–Kier alpha value is -0.360. The van der Waals surface area contributed by atoms with Gasteiger partial charge in [-0.15, -0.1) is 0 Å². The number of methoxy groups -OCH3 is 2. The van der Waals surface area contributed by atoms with E-state index < -0.39 is 5.79 Å². The second kappa shape index (κ2) is 4.72. The Morgan fingerprint density at radius 1 is 1.35 bits per heavy atom. The van der Waals surface area contributed by atoms with Gasteiger partial charge in [-0.05, 0) is 28.1 Å². The maximum Gasteiger partial charge on any atom is 0.203 e. The van der Waals surface area contributed by atoms with Crippen molar-refractivity contribution in [3.05, 3.63) is 27.4 Å². The fourth-order valence-corrected chi connectivity index (χ4v) is 2.99. The molecule has 1 saturated heterocycles. The van der Waals surface area contributed by atoms with Crippen LogP contribution in [-0.4, -0.2) is 33.1 Å². The van der Waals surface area contributed by atoms with Gasteiger partial charge in [0.15, 0.2) is 0 Å². The summed E-state index contributed by atoms with van der Waals surface area (Å²) in [4.78, 5) is 1.97. The highest BCUT2D eigenvalue weighted by Gasteiger charge is 2.45. The highest BCUT2D eigenvalue weighted by atomic mass is 79.9. The molecule has 1 aromatic carbocycles. The van der Waals surface area contributed by atoms with Gasteiger partial charge in [-0.25, -0.2) is 4.39 Å². The number of halogens is 3. The number of hydrogen-bond acceptors (Lipinski definition) is 3. The molecule has 1 aromatic rings. The predicted molar refractivity (Wildman–Crippen MR) is 68.1 cm³/mol. The highest BCUT2D eigenvalue weighted by molar-refractivity contribution is 9.10. The molecule has 0 N–H and O–H groups in total. The molecule has 0 bridgehead atoms. The van der Waals surface area contributed by atoms with Crippen molar-refractivity contribution >= 4 is 33.2 Å². The molecule has 0 radical (unpaired) electrons. The van der Waals surface area contributed by atoms with E-state index in [0.29, 0.717) is 22.6 Å². The third kappa shape index (κ3) is 2.29. The zero-order valence-corrected chi connectivity index (χ0v) is 11.8. The van der Waals surface area contributed by atoms with E-state index in [9.17, 15) is 4.39 Å². The van der Waals surface area contributed by atoms with Gasteiger partial charge in [0.2, 0.25) is 5.79 Å².